The fourth-order valence-electron chi connectivity index (χ4n) is 4.51. The van der Waals surface area contributed by atoms with Crippen molar-refractivity contribution in [3.8, 4) is 22.5 Å². The number of aliphatic hydroxyl groups is 2. The van der Waals surface area contributed by atoms with Gasteiger partial charge in [-0.25, -0.2) is 4.79 Å². The Morgan fingerprint density at radius 3 is 2.27 bits per heavy atom. The molecule has 8 heteroatoms. The van der Waals surface area contributed by atoms with E-state index in [4.69, 9.17) is 19.4 Å². The van der Waals surface area contributed by atoms with Crippen LogP contribution in [0.5, 0.6) is 0 Å². The number of benzene rings is 3. The highest BCUT2D eigenvalue weighted by Crippen LogP contribution is 2.43. The predicted molar refractivity (Wildman–Crippen MR) is 165 cm³/mol. The highest BCUT2D eigenvalue weighted by atomic mass is 35.5. The minimum Gasteiger partial charge on any atom is -0.462 e. The molecule has 0 bridgehead atoms. The van der Waals surface area contributed by atoms with Crippen molar-refractivity contribution in [2.45, 2.75) is 47.5 Å². The molecule has 0 saturated carbocycles. The highest BCUT2D eigenvalue weighted by Gasteiger charge is 2.23. The largest absolute Gasteiger partial charge is 0.462 e. The van der Waals surface area contributed by atoms with Crippen molar-refractivity contribution < 1.29 is 24.2 Å². The fraction of sp³-hybridized carbons (Fsp3) is 0.375. The van der Waals surface area contributed by atoms with Crippen LogP contribution >= 0.6 is 12.4 Å². The summed E-state index contributed by atoms with van der Waals surface area (Å²) in [6, 6.07) is 15.9. The molecule has 1 aliphatic carbocycles. The molecule has 0 aromatic heterocycles. The SMILES string of the molecule is CCN=c1cc2oc3cc(NCC)c(C)cc3c(-c3ccccc3C(=O)OCC)c-2cc1C.Cl.OCCCCO. The van der Waals surface area contributed by atoms with Crippen LogP contribution in [0, 0.1) is 13.8 Å². The summed E-state index contributed by atoms with van der Waals surface area (Å²) in [4.78, 5) is 17.5. The maximum atomic E-state index is 12.9. The van der Waals surface area contributed by atoms with E-state index < -0.39 is 0 Å². The second kappa shape index (κ2) is 16.0. The number of hydrogen-bond donors (Lipinski definition) is 3. The Kier molecular flexibility index (Phi) is 13.1. The van der Waals surface area contributed by atoms with Crippen LogP contribution in [0.15, 0.2) is 57.9 Å². The number of rotatable bonds is 9. The fourth-order valence-corrected chi connectivity index (χ4v) is 4.51. The van der Waals surface area contributed by atoms with Crippen molar-refractivity contribution in [1.82, 2.24) is 0 Å². The molecule has 0 fully saturated rings. The maximum absolute atomic E-state index is 12.9. The van der Waals surface area contributed by atoms with Gasteiger partial charge >= 0.3 is 5.97 Å². The minimum atomic E-state index is -0.328. The Labute approximate surface area is 242 Å². The van der Waals surface area contributed by atoms with Gasteiger partial charge in [0.25, 0.3) is 0 Å². The zero-order valence-corrected chi connectivity index (χ0v) is 24.9. The van der Waals surface area contributed by atoms with Gasteiger partial charge in [-0.15, -0.1) is 12.4 Å². The summed E-state index contributed by atoms with van der Waals surface area (Å²) in [7, 11) is 0. The van der Waals surface area contributed by atoms with Gasteiger partial charge in [0.05, 0.1) is 17.5 Å². The molecular formula is C32H41ClN2O5. The molecule has 4 rings (SSSR count). The Hall–Kier alpha value is -3.39. The van der Waals surface area contributed by atoms with Gasteiger partial charge in [0, 0.05) is 60.6 Å². The summed E-state index contributed by atoms with van der Waals surface area (Å²) < 4.78 is 11.8. The molecule has 2 aliphatic rings. The molecule has 2 aromatic carbocycles. The monoisotopic (exact) mass is 568 g/mol. The lowest BCUT2D eigenvalue weighted by atomic mass is 9.89. The molecule has 7 nitrogen and oxygen atoms in total. The maximum Gasteiger partial charge on any atom is 0.338 e. The van der Waals surface area contributed by atoms with Crippen LogP contribution in [-0.2, 0) is 4.74 Å². The molecular weight excluding hydrogens is 528 g/mol. The second-order valence-electron chi connectivity index (χ2n) is 9.20. The number of esters is 1. The van der Waals surface area contributed by atoms with Crippen LogP contribution in [0.2, 0.25) is 0 Å². The smallest absolute Gasteiger partial charge is 0.338 e. The number of fused-ring (bicyclic) bond motifs is 2. The molecule has 1 heterocycles. The molecule has 0 unspecified atom stereocenters. The molecule has 216 valence electrons. The average Bonchev–Trinajstić information content (AvgIpc) is 2.93. The van der Waals surface area contributed by atoms with E-state index in [1.807, 2.05) is 50.2 Å². The summed E-state index contributed by atoms with van der Waals surface area (Å²) in [5, 5.41) is 21.5. The molecule has 0 saturated heterocycles. The predicted octanol–water partition coefficient (Wildman–Crippen LogP) is 6.52. The summed E-state index contributed by atoms with van der Waals surface area (Å²) in [6.45, 7) is 12.3. The highest BCUT2D eigenvalue weighted by molar-refractivity contribution is 6.08. The zero-order valence-electron chi connectivity index (χ0n) is 24.0. The van der Waals surface area contributed by atoms with Crippen molar-refractivity contribution in [3.05, 3.63) is 70.6 Å². The van der Waals surface area contributed by atoms with E-state index in [1.54, 1.807) is 0 Å². The van der Waals surface area contributed by atoms with Crippen molar-refractivity contribution >= 4 is 35.0 Å². The standard InChI is InChI=1S/C28H30N2O3.C4H10O2.ClH/c1-6-29-23-15-25-21(13-17(23)4)27(19-11-9-10-12-20(19)28(31)32-8-3)22-14-18(5)24(30-7-2)16-26(22)33-25;5-3-1-2-4-6;/h9-16,29H,6-8H2,1-5H3;5-6H,1-4H2;1H. The number of aliphatic hydroxyl groups excluding tert-OH is 2. The van der Waals surface area contributed by atoms with Gasteiger partial charge in [0.2, 0.25) is 0 Å². The van der Waals surface area contributed by atoms with Crippen LogP contribution in [0.4, 0.5) is 5.69 Å². The molecule has 0 atom stereocenters. The molecule has 0 spiro atoms. The Morgan fingerprint density at radius 2 is 1.65 bits per heavy atom. The number of nitrogens with zero attached hydrogens (tertiary/aromatic N) is 1. The van der Waals surface area contributed by atoms with E-state index >= 15 is 0 Å². The third-order valence-electron chi connectivity index (χ3n) is 6.34. The number of aryl methyl sites for hydroxylation is 2. The first-order valence-electron chi connectivity index (χ1n) is 13.6. The van der Waals surface area contributed by atoms with Gasteiger partial charge in [-0.2, -0.15) is 0 Å². The first-order chi connectivity index (χ1) is 18.9. The van der Waals surface area contributed by atoms with Gasteiger partial charge < -0.3 is 24.7 Å². The third kappa shape index (κ3) is 7.62. The number of carbonyl (C=O) groups is 1. The normalized spacial score (nSPS) is 11.1. The van der Waals surface area contributed by atoms with E-state index in [1.165, 1.54) is 0 Å². The summed E-state index contributed by atoms with van der Waals surface area (Å²) in [6.07, 6.45) is 1.44. The van der Waals surface area contributed by atoms with Crippen molar-refractivity contribution in [3.63, 3.8) is 0 Å². The van der Waals surface area contributed by atoms with Gasteiger partial charge in [-0.05, 0) is 82.3 Å². The van der Waals surface area contributed by atoms with Crippen LogP contribution in [0.3, 0.4) is 0 Å². The van der Waals surface area contributed by atoms with Gasteiger partial charge in [-0.1, -0.05) is 18.2 Å². The molecule has 0 radical (unpaired) electrons. The van der Waals surface area contributed by atoms with E-state index in [0.717, 1.165) is 75.0 Å². The Morgan fingerprint density at radius 1 is 0.950 bits per heavy atom. The van der Waals surface area contributed by atoms with Crippen LogP contribution in [0.1, 0.15) is 55.1 Å². The average molecular weight is 569 g/mol. The number of ether oxygens (including phenoxy) is 1. The molecule has 1 aliphatic heterocycles. The lowest BCUT2D eigenvalue weighted by molar-refractivity contribution is 0.0527. The van der Waals surface area contributed by atoms with E-state index in [9.17, 15) is 4.79 Å². The Balaban J connectivity index is 0.000000723. The van der Waals surface area contributed by atoms with Crippen LogP contribution in [-0.4, -0.2) is 49.1 Å². The minimum absolute atomic E-state index is 0. The van der Waals surface area contributed by atoms with E-state index in [0.29, 0.717) is 18.7 Å². The van der Waals surface area contributed by atoms with Crippen molar-refractivity contribution in [2.75, 3.05) is 38.2 Å². The number of carbonyl (C=O) groups excluding carboxylic acids is 1. The molecule has 3 N–H and O–H groups in total. The first kappa shape index (κ1) is 32.8. The second-order valence-corrected chi connectivity index (χ2v) is 9.20. The number of halogens is 1. The quantitative estimate of drug-likeness (QED) is 0.121. The summed E-state index contributed by atoms with van der Waals surface area (Å²) in [5.41, 5.74) is 7.25. The van der Waals surface area contributed by atoms with E-state index in [2.05, 4.69) is 43.2 Å². The Bertz CT molecular complexity index is 1440. The topological polar surface area (TPSA) is 104 Å². The van der Waals surface area contributed by atoms with Gasteiger partial charge in [0.1, 0.15) is 11.3 Å². The van der Waals surface area contributed by atoms with Crippen molar-refractivity contribution in [2.24, 2.45) is 4.99 Å². The zero-order chi connectivity index (χ0) is 28.4. The summed E-state index contributed by atoms with van der Waals surface area (Å²) >= 11 is 0. The van der Waals surface area contributed by atoms with Gasteiger partial charge in [0.15, 0.2) is 0 Å². The summed E-state index contributed by atoms with van der Waals surface area (Å²) in [5.74, 6) is 0.408. The van der Waals surface area contributed by atoms with Crippen LogP contribution < -0.4 is 10.7 Å². The van der Waals surface area contributed by atoms with E-state index in [-0.39, 0.29) is 31.6 Å². The third-order valence-corrected chi connectivity index (χ3v) is 6.34. The molecule has 40 heavy (non-hydrogen) atoms. The van der Waals surface area contributed by atoms with Gasteiger partial charge in [-0.3, -0.25) is 4.99 Å². The number of unbranched alkanes of at least 4 members (excludes halogenated alkanes) is 1. The molecule has 2 aromatic rings. The number of anilines is 1. The number of hydrogen-bond acceptors (Lipinski definition) is 7. The number of nitrogens with one attached hydrogen (secondary N) is 1. The van der Waals surface area contributed by atoms with Crippen molar-refractivity contribution in [1.29, 1.82) is 0 Å². The molecule has 0 amide bonds. The first-order valence-corrected chi connectivity index (χ1v) is 13.6. The lowest BCUT2D eigenvalue weighted by Crippen LogP contribution is -2.10. The lowest BCUT2D eigenvalue weighted by Gasteiger charge is -2.19. The van der Waals surface area contributed by atoms with Crippen LogP contribution in [0.25, 0.3) is 33.4 Å².